The van der Waals surface area contributed by atoms with Crippen molar-refractivity contribution in [3.05, 3.63) is 29.3 Å². The summed E-state index contributed by atoms with van der Waals surface area (Å²) in [6, 6.07) is 5.26. The van der Waals surface area contributed by atoms with Crippen LogP contribution in [0.2, 0.25) is 0 Å². The Labute approximate surface area is 244 Å². The summed E-state index contributed by atoms with van der Waals surface area (Å²) in [6.07, 6.45) is 10.1. The molecule has 0 bridgehead atoms. The largest absolute Gasteiger partial charge is 0.444 e. The number of benzene rings is 1. The zero-order valence-corrected chi connectivity index (χ0v) is 25.4. The predicted molar refractivity (Wildman–Crippen MR) is 159 cm³/mol. The van der Waals surface area contributed by atoms with Gasteiger partial charge in [-0.05, 0) is 70.4 Å². The van der Waals surface area contributed by atoms with Crippen molar-refractivity contribution in [2.75, 3.05) is 24.5 Å². The lowest BCUT2D eigenvalue weighted by molar-refractivity contribution is -0.136. The average molecular weight is 569 g/mol. The molecule has 1 unspecified atom stereocenters. The zero-order chi connectivity index (χ0) is 29.6. The molecule has 1 aromatic rings. The lowest BCUT2D eigenvalue weighted by Crippen LogP contribution is -2.52. The standard InChI is InChI=1S/C32H48N4O5/c1-5-6-10-19-35(20-18-32(16-8-7-9-17-32)22-33-30(40)41-31(2,3)4)25-13-11-12-23-24(25)21-36(29(23)39)26-14-15-27(37)34-28(26)38/h11-13,26H,5-10,14-22H2,1-4H3,(H,33,40)(H,34,37,38). The van der Waals surface area contributed by atoms with Crippen LogP contribution < -0.4 is 15.5 Å². The number of imide groups is 1. The third-order valence-corrected chi connectivity index (χ3v) is 8.76. The van der Waals surface area contributed by atoms with Crippen molar-refractivity contribution in [2.24, 2.45) is 5.41 Å². The van der Waals surface area contributed by atoms with Gasteiger partial charge in [-0.25, -0.2) is 4.79 Å². The Hall–Kier alpha value is -3.10. The summed E-state index contributed by atoms with van der Waals surface area (Å²) in [5.41, 5.74) is 2.12. The molecule has 9 heteroatoms. The Kier molecular flexibility index (Phi) is 9.97. The number of hydrogen-bond donors (Lipinski definition) is 2. The number of unbranched alkanes of at least 4 members (excludes halogenated alkanes) is 2. The highest BCUT2D eigenvalue weighted by Crippen LogP contribution is 2.40. The molecule has 41 heavy (non-hydrogen) atoms. The number of nitrogens with one attached hydrogen (secondary N) is 2. The van der Waals surface area contributed by atoms with Gasteiger partial charge in [-0.3, -0.25) is 19.7 Å². The first-order valence-electron chi connectivity index (χ1n) is 15.5. The Morgan fingerprint density at radius 2 is 1.88 bits per heavy atom. The van der Waals surface area contributed by atoms with Crippen LogP contribution in [-0.2, 0) is 20.9 Å². The second-order valence-electron chi connectivity index (χ2n) is 13.1. The topological polar surface area (TPSA) is 108 Å². The van der Waals surface area contributed by atoms with E-state index in [9.17, 15) is 19.2 Å². The second kappa shape index (κ2) is 13.3. The number of carbonyl (C=O) groups is 4. The summed E-state index contributed by atoms with van der Waals surface area (Å²) >= 11 is 0. The van der Waals surface area contributed by atoms with E-state index in [1.54, 1.807) is 4.90 Å². The van der Waals surface area contributed by atoms with Gasteiger partial charge in [0.2, 0.25) is 11.8 Å². The molecule has 4 amide bonds. The molecule has 1 aliphatic carbocycles. The molecule has 2 heterocycles. The molecule has 1 atom stereocenters. The first kappa shape index (κ1) is 30.8. The quantitative estimate of drug-likeness (QED) is 0.277. The van der Waals surface area contributed by atoms with Gasteiger partial charge in [0, 0.05) is 49.4 Å². The van der Waals surface area contributed by atoms with Crippen LogP contribution in [0.1, 0.15) is 114 Å². The van der Waals surface area contributed by atoms with Gasteiger partial charge in [0.25, 0.3) is 5.91 Å². The molecule has 3 aliphatic rings. The Morgan fingerprint density at radius 3 is 2.56 bits per heavy atom. The number of carbonyl (C=O) groups excluding carboxylic acids is 4. The molecule has 226 valence electrons. The summed E-state index contributed by atoms with van der Waals surface area (Å²) in [6.45, 7) is 10.5. The van der Waals surface area contributed by atoms with Gasteiger partial charge in [-0.1, -0.05) is 45.1 Å². The molecule has 2 aliphatic heterocycles. The number of nitrogens with zero attached hydrogens (tertiary/aromatic N) is 2. The first-order chi connectivity index (χ1) is 19.5. The maximum absolute atomic E-state index is 13.5. The van der Waals surface area contributed by atoms with Crippen LogP contribution in [0.15, 0.2) is 18.2 Å². The molecular formula is C32H48N4O5. The van der Waals surface area contributed by atoms with E-state index in [0.717, 1.165) is 75.7 Å². The fourth-order valence-corrected chi connectivity index (χ4v) is 6.53. The van der Waals surface area contributed by atoms with Crippen molar-refractivity contribution in [1.29, 1.82) is 0 Å². The molecule has 2 fully saturated rings. The van der Waals surface area contributed by atoms with Crippen molar-refractivity contribution in [3.63, 3.8) is 0 Å². The summed E-state index contributed by atoms with van der Waals surface area (Å²) < 4.78 is 5.52. The SMILES string of the molecule is CCCCCN(CCC1(CNC(=O)OC(C)(C)C)CCCCC1)c1cccc2c1CN(C1CCC(=O)NC1=O)C2=O. The predicted octanol–water partition coefficient (Wildman–Crippen LogP) is 5.31. The molecule has 0 spiro atoms. The fourth-order valence-electron chi connectivity index (χ4n) is 6.53. The van der Waals surface area contributed by atoms with Gasteiger partial charge in [0.15, 0.2) is 0 Å². The van der Waals surface area contributed by atoms with Crippen LogP contribution in [0, 0.1) is 5.41 Å². The van der Waals surface area contributed by atoms with Crippen molar-refractivity contribution in [1.82, 2.24) is 15.5 Å². The Bertz CT molecular complexity index is 1120. The zero-order valence-electron chi connectivity index (χ0n) is 25.4. The molecule has 9 nitrogen and oxygen atoms in total. The van der Waals surface area contributed by atoms with E-state index >= 15 is 0 Å². The van der Waals surface area contributed by atoms with Crippen LogP contribution in [-0.4, -0.2) is 60.0 Å². The monoisotopic (exact) mass is 568 g/mol. The molecule has 2 N–H and O–H groups in total. The van der Waals surface area contributed by atoms with E-state index in [4.69, 9.17) is 4.74 Å². The number of ether oxygens (including phenoxy) is 1. The van der Waals surface area contributed by atoms with Crippen LogP contribution >= 0.6 is 0 Å². The minimum Gasteiger partial charge on any atom is -0.444 e. The lowest BCUT2D eigenvalue weighted by Gasteiger charge is -2.40. The van der Waals surface area contributed by atoms with Gasteiger partial charge in [-0.15, -0.1) is 0 Å². The van der Waals surface area contributed by atoms with Crippen LogP contribution in [0.3, 0.4) is 0 Å². The summed E-state index contributed by atoms with van der Waals surface area (Å²) in [5, 5.41) is 5.47. The number of fused-ring (bicyclic) bond motifs is 1. The number of anilines is 1. The van der Waals surface area contributed by atoms with Gasteiger partial charge >= 0.3 is 6.09 Å². The number of alkyl carbamates (subject to hydrolysis) is 1. The van der Waals surface area contributed by atoms with Crippen LogP contribution in [0.25, 0.3) is 0 Å². The minimum absolute atomic E-state index is 0.00465. The van der Waals surface area contributed by atoms with Gasteiger partial charge in [0.1, 0.15) is 11.6 Å². The third kappa shape index (κ3) is 7.80. The average Bonchev–Trinajstić information content (AvgIpc) is 3.25. The molecule has 0 aromatic heterocycles. The van der Waals surface area contributed by atoms with E-state index in [0.29, 0.717) is 25.1 Å². The maximum atomic E-state index is 13.5. The summed E-state index contributed by atoms with van der Waals surface area (Å²) in [5.74, 6) is -0.813. The normalized spacial score (nSPS) is 20.4. The molecule has 0 radical (unpaired) electrons. The van der Waals surface area contributed by atoms with Crippen LogP contribution in [0.4, 0.5) is 10.5 Å². The van der Waals surface area contributed by atoms with E-state index in [1.165, 1.54) is 6.42 Å². The molecule has 1 saturated heterocycles. The maximum Gasteiger partial charge on any atom is 0.407 e. The Morgan fingerprint density at radius 1 is 1.12 bits per heavy atom. The minimum atomic E-state index is -0.626. The highest BCUT2D eigenvalue weighted by Gasteiger charge is 2.40. The highest BCUT2D eigenvalue weighted by atomic mass is 16.6. The fraction of sp³-hybridized carbons (Fsp3) is 0.688. The number of rotatable bonds is 11. The third-order valence-electron chi connectivity index (χ3n) is 8.76. The number of piperidine rings is 1. The van der Waals surface area contributed by atoms with E-state index < -0.39 is 11.6 Å². The van der Waals surface area contributed by atoms with Crippen molar-refractivity contribution in [2.45, 2.75) is 117 Å². The Balaban J connectivity index is 1.52. The first-order valence-corrected chi connectivity index (χ1v) is 15.5. The lowest BCUT2D eigenvalue weighted by atomic mass is 9.71. The molecule has 1 saturated carbocycles. The van der Waals surface area contributed by atoms with Gasteiger partial charge in [-0.2, -0.15) is 0 Å². The van der Waals surface area contributed by atoms with Gasteiger partial charge in [0.05, 0.1) is 0 Å². The second-order valence-corrected chi connectivity index (χ2v) is 13.1. The summed E-state index contributed by atoms with van der Waals surface area (Å²) in [7, 11) is 0. The number of amides is 4. The van der Waals surface area contributed by atoms with Crippen molar-refractivity contribution < 1.29 is 23.9 Å². The van der Waals surface area contributed by atoms with Crippen LogP contribution in [0.5, 0.6) is 0 Å². The molecule has 1 aromatic carbocycles. The molecule has 4 rings (SSSR count). The smallest absolute Gasteiger partial charge is 0.407 e. The van der Waals surface area contributed by atoms with E-state index in [1.807, 2.05) is 32.9 Å². The highest BCUT2D eigenvalue weighted by molar-refractivity contribution is 6.06. The van der Waals surface area contributed by atoms with Gasteiger partial charge < -0.3 is 19.9 Å². The molecular weight excluding hydrogens is 520 g/mol. The van der Waals surface area contributed by atoms with E-state index in [-0.39, 0.29) is 35.7 Å². The van der Waals surface area contributed by atoms with E-state index in [2.05, 4.69) is 28.5 Å². The van der Waals surface area contributed by atoms with Crippen molar-refractivity contribution in [3.8, 4) is 0 Å². The summed E-state index contributed by atoms with van der Waals surface area (Å²) in [4.78, 5) is 54.3. The number of hydrogen-bond acceptors (Lipinski definition) is 6. The van der Waals surface area contributed by atoms with Crippen molar-refractivity contribution >= 4 is 29.5 Å².